The van der Waals surface area contributed by atoms with Gasteiger partial charge in [0.25, 0.3) is 0 Å². The molecular formula is C17H18N2S. The van der Waals surface area contributed by atoms with Crippen molar-refractivity contribution in [2.24, 2.45) is 0 Å². The summed E-state index contributed by atoms with van der Waals surface area (Å²) in [6, 6.07) is 14.7. The van der Waals surface area contributed by atoms with Gasteiger partial charge in [0.05, 0.1) is 10.2 Å². The molecule has 0 aliphatic heterocycles. The van der Waals surface area contributed by atoms with Gasteiger partial charge in [-0.05, 0) is 42.7 Å². The maximum atomic E-state index is 4.64. The fourth-order valence-electron chi connectivity index (χ4n) is 2.42. The smallest absolute Gasteiger partial charge is 0.108 e. The maximum absolute atomic E-state index is 4.64. The predicted molar refractivity (Wildman–Crippen MR) is 86.1 cm³/mol. The molecule has 3 heteroatoms. The third kappa shape index (κ3) is 2.74. The van der Waals surface area contributed by atoms with E-state index >= 15 is 0 Å². The second-order valence-electron chi connectivity index (χ2n) is 5.05. The first-order chi connectivity index (χ1) is 9.74. The van der Waals surface area contributed by atoms with Crippen LogP contribution < -0.4 is 5.32 Å². The lowest BCUT2D eigenvalue weighted by atomic mass is 10.0. The number of hydrogen-bond donors (Lipinski definition) is 1. The zero-order chi connectivity index (χ0) is 13.9. The van der Waals surface area contributed by atoms with E-state index in [1.165, 1.54) is 21.4 Å². The topological polar surface area (TPSA) is 24.9 Å². The van der Waals surface area contributed by atoms with E-state index in [2.05, 4.69) is 60.5 Å². The van der Waals surface area contributed by atoms with Gasteiger partial charge in [0.1, 0.15) is 5.01 Å². The van der Waals surface area contributed by atoms with Crippen LogP contribution in [0, 0.1) is 13.8 Å². The van der Waals surface area contributed by atoms with Gasteiger partial charge < -0.3 is 5.32 Å². The molecule has 1 heterocycles. The number of aryl methyl sites for hydroxylation is 2. The summed E-state index contributed by atoms with van der Waals surface area (Å²) in [4.78, 5) is 4.64. The minimum atomic E-state index is 0.827. The highest BCUT2D eigenvalue weighted by molar-refractivity contribution is 7.18. The van der Waals surface area contributed by atoms with Crippen molar-refractivity contribution < 1.29 is 0 Å². The highest BCUT2D eigenvalue weighted by Gasteiger charge is 2.04. The number of nitrogens with zero attached hydrogens (tertiary/aromatic N) is 1. The molecule has 0 atom stereocenters. The molecule has 1 N–H and O–H groups in total. The van der Waals surface area contributed by atoms with E-state index in [1.54, 1.807) is 11.3 Å². The fourth-order valence-corrected chi connectivity index (χ4v) is 3.35. The summed E-state index contributed by atoms with van der Waals surface area (Å²) in [5, 5.41) is 4.66. The summed E-state index contributed by atoms with van der Waals surface area (Å²) in [6.45, 7) is 6.06. The lowest BCUT2D eigenvalue weighted by molar-refractivity contribution is 0.685. The summed E-state index contributed by atoms with van der Waals surface area (Å²) in [7, 11) is 0. The molecule has 2 aromatic carbocycles. The molecule has 3 rings (SSSR count). The molecule has 1 aromatic heterocycles. The zero-order valence-electron chi connectivity index (χ0n) is 11.8. The van der Waals surface area contributed by atoms with E-state index in [0.29, 0.717) is 0 Å². The SMILES string of the molecule is Cc1cccc(C)c1CNCc1nc2ccccc2s1. The van der Waals surface area contributed by atoms with E-state index in [-0.39, 0.29) is 0 Å². The Balaban J connectivity index is 1.68. The number of aromatic nitrogens is 1. The van der Waals surface area contributed by atoms with Crippen molar-refractivity contribution in [2.75, 3.05) is 0 Å². The molecule has 102 valence electrons. The van der Waals surface area contributed by atoms with Gasteiger partial charge in [-0.3, -0.25) is 0 Å². The maximum Gasteiger partial charge on any atom is 0.108 e. The first-order valence-corrected chi connectivity index (χ1v) is 7.66. The number of hydrogen-bond acceptors (Lipinski definition) is 3. The first-order valence-electron chi connectivity index (χ1n) is 6.84. The number of nitrogens with one attached hydrogen (secondary N) is 1. The van der Waals surface area contributed by atoms with Crippen molar-refractivity contribution in [1.82, 2.24) is 10.3 Å². The minimum Gasteiger partial charge on any atom is -0.306 e. The van der Waals surface area contributed by atoms with Crippen LogP contribution in [0.25, 0.3) is 10.2 Å². The highest BCUT2D eigenvalue weighted by Crippen LogP contribution is 2.21. The molecular weight excluding hydrogens is 264 g/mol. The molecule has 0 aliphatic rings. The average molecular weight is 282 g/mol. The van der Waals surface area contributed by atoms with Crippen LogP contribution in [0.15, 0.2) is 42.5 Å². The van der Waals surface area contributed by atoms with Crippen molar-refractivity contribution >= 4 is 21.6 Å². The fraction of sp³-hybridized carbons (Fsp3) is 0.235. The van der Waals surface area contributed by atoms with Gasteiger partial charge in [0.2, 0.25) is 0 Å². The summed E-state index contributed by atoms with van der Waals surface area (Å²) in [5.41, 5.74) is 5.19. The normalized spacial score (nSPS) is 11.1. The van der Waals surface area contributed by atoms with Crippen LogP contribution >= 0.6 is 11.3 Å². The van der Waals surface area contributed by atoms with Crippen molar-refractivity contribution in [2.45, 2.75) is 26.9 Å². The molecule has 0 spiro atoms. The van der Waals surface area contributed by atoms with Gasteiger partial charge in [-0.15, -0.1) is 11.3 Å². The Morgan fingerprint density at radius 3 is 2.45 bits per heavy atom. The molecule has 0 unspecified atom stereocenters. The molecule has 2 nitrogen and oxygen atoms in total. The third-order valence-corrected chi connectivity index (χ3v) is 4.60. The molecule has 0 aliphatic carbocycles. The lowest BCUT2D eigenvalue weighted by Gasteiger charge is -2.09. The average Bonchev–Trinajstić information content (AvgIpc) is 2.84. The highest BCUT2D eigenvalue weighted by atomic mass is 32.1. The van der Waals surface area contributed by atoms with Gasteiger partial charge in [-0.1, -0.05) is 30.3 Å². The van der Waals surface area contributed by atoms with Gasteiger partial charge in [-0.2, -0.15) is 0 Å². The zero-order valence-corrected chi connectivity index (χ0v) is 12.6. The summed E-state index contributed by atoms with van der Waals surface area (Å²) >= 11 is 1.77. The number of rotatable bonds is 4. The van der Waals surface area contributed by atoms with E-state index < -0.39 is 0 Å². The third-order valence-electron chi connectivity index (χ3n) is 3.56. The molecule has 0 fully saturated rings. The van der Waals surface area contributed by atoms with Crippen molar-refractivity contribution in [3.8, 4) is 0 Å². The van der Waals surface area contributed by atoms with E-state index in [1.807, 2.05) is 6.07 Å². The summed E-state index contributed by atoms with van der Waals surface area (Å²) in [6.07, 6.45) is 0. The molecule has 0 saturated heterocycles. The quantitative estimate of drug-likeness (QED) is 0.775. The molecule has 0 bridgehead atoms. The molecule has 0 radical (unpaired) electrons. The molecule has 20 heavy (non-hydrogen) atoms. The van der Waals surface area contributed by atoms with Gasteiger partial charge in [0.15, 0.2) is 0 Å². The number of para-hydroxylation sites is 1. The van der Waals surface area contributed by atoms with Crippen LogP contribution in [0.5, 0.6) is 0 Å². The Morgan fingerprint density at radius 1 is 0.950 bits per heavy atom. The van der Waals surface area contributed by atoms with Gasteiger partial charge >= 0.3 is 0 Å². The molecule has 0 saturated carbocycles. The second-order valence-corrected chi connectivity index (χ2v) is 6.16. The molecule has 0 amide bonds. The van der Waals surface area contributed by atoms with Crippen molar-refractivity contribution in [3.05, 3.63) is 64.2 Å². The first kappa shape index (κ1) is 13.3. The van der Waals surface area contributed by atoms with E-state index in [9.17, 15) is 0 Å². The summed E-state index contributed by atoms with van der Waals surface area (Å²) < 4.78 is 1.26. The molecule has 3 aromatic rings. The van der Waals surface area contributed by atoms with Crippen LogP contribution in [0.1, 0.15) is 21.7 Å². The number of fused-ring (bicyclic) bond motifs is 1. The largest absolute Gasteiger partial charge is 0.306 e. The summed E-state index contributed by atoms with van der Waals surface area (Å²) in [5.74, 6) is 0. The Bertz CT molecular complexity index is 677. The van der Waals surface area contributed by atoms with Gasteiger partial charge in [0, 0.05) is 13.1 Å². The minimum absolute atomic E-state index is 0.827. The standard InChI is InChI=1S/C17H18N2S/c1-12-6-5-7-13(2)14(12)10-18-11-17-19-15-8-3-4-9-16(15)20-17/h3-9,18H,10-11H2,1-2H3. The van der Waals surface area contributed by atoms with Crippen LogP contribution in [-0.4, -0.2) is 4.98 Å². The Hall–Kier alpha value is -1.71. The Labute approximate surface area is 123 Å². The van der Waals surface area contributed by atoms with Crippen LogP contribution in [0.4, 0.5) is 0 Å². The van der Waals surface area contributed by atoms with E-state index in [4.69, 9.17) is 0 Å². The number of thiazole rings is 1. The lowest BCUT2D eigenvalue weighted by Crippen LogP contribution is -2.14. The second kappa shape index (κ2) is 5.73. The number of benzene rings is 2. The predicted octanol–water partition coefficient (Wildman–Crippen LogP) is 4.20. The van der Waals surface area contributed by atoms with E-state index in [0.717, 1.165) is 23.6 Å². The Morgan fingerprint density at radius 2 is 1.70 bits per heavy atom. The van der Waals surface area contributed by atoms with Crippen molar-refractivity contribution in [1.29, 1.82) is 0 Å². The van der Waals surface area contributed by atoms with Crippen molar-refractivity contribution in [3.63, 3.8) is 0 Å². The van der Waals surface area contributed by atoms with Crippen LogP contribution in [0.2, 0.25) is 0 Å². The monoisotopic (exact) mass is 282 g/mol. The Kier molecular flexibility index (Phi) is 3.81. The van der Waals surface area contributed by atoms with Gasteiger partial charge in [-0.25, -0.2) is 4.98 Å². The van der Waals surface area contributed by atoms with Crippen LogP contribution in [-0.2, 0) is 13.1 Å². The van der Waals surface area contributed by atoms with Crippen LogP contribution in [0.3, 0.4) is 0 Å².